The molecule has 0 aromatic heterocycles. The Bertz CT molecular complexity index is 1230. The fourth-order valence-electron chi connectivity index (χ4n) is 6.27. The van der Waals surface area contributed by atoms with Crippen LogP contribution in [-0.4, -0.2) is 28.7 Å². The number of nitrogens with zero attached hydrogens (tertiary/aromatic N) is 1. The molecular weight excluding hydrogens is 414 g/mol. The molecule has 5 heteroatoms. The number of imide groups is 1. The van der Waals surface area contributed by atoms with E-state index in [1.807, 2.05) is 66.7 Å². The number of amides is 2. The quantitative estimate of drug-likeness (QED) is 0.336. The molecule has 166 valence electrons. The van der Waals surface area contributed by atoms with Crippen LogP contribution in [0.2, 0.25) is 0 Å². The van der Waals surface area contributed by atoms with E-state index in [9.17, 15) is 14.4 Å². The average molecular weight is 440 g/mol. The Morgan fingerprint density at radius 2 is 1.48 bits per heavy atom. The van der Waals surface area contributed by atoms with Gasteiger partial charge in [0, 0.05) is 6.42 Å². The van der Waals surface area contributed by atoms with Crippen molar-refractivity contribution in [1.29, 1.82) is 0 Å². The third-order valence-electron chi connectivity index (χ3n) is 7.76. The van der Waals surface area contributed by atoms with Crippen LogP contribution in [0.5, 0.6) is 5.75 Å². The van der Waals surface area contributed by atoms with Gasteiger partial charge in [-0.05, 0) is 59.6 Å². The lowest BCUT2D eigenvalue weighted by atomic mass is 9.81. The van der Waals surface area contributed by atoms with E-state index in [1.165, 1.54) is 4.90 Å². The number of fused-ring (bicyclic) bond motifs is 6. The number of rotatable bonds is 5. The lowest BCUT2D eigenvalue weighted by Gasteiger charge is -2.26. The van der Waals surface area contributed by atoms with E-state index in [-0.39, 0.29) is 41.9 Å². The summed E-state index contributed by atoms with van der Waals surface area (Å²) in [5.41, 5.74) is 0.888. The number of carbonyl (C=O) groups is 3. The first-order valence-electron chi connectivity index (χ1n) is 11.7. The third-order valence-corrected chi connectivity index (χ3v) is 7.76. The lowest BCUT2D eigenvalue weighted by Crippen LogP contribution is -2.49. The third kappa shape index (κ3) is 3.34. The summed E-state index contributed by atoms with van der Waals surface area (Å²) < 4.78 is 5.77. The lowest BCUT2D eigenvalue weighted by molar-refractivity contribution is -0.154. The van der Waals surface area contributed by atoms with Gasteiger partial charge in [-0.15, -0.1) is 0 Å². The average Bonchev–Trinajstić information content (AvgIpc) is 3.52. The molecule has 1 heterocycles. The Labute approximate surface area is 192 Å². The number of hydrogen-bond acceptors (Lipinski definition) is 4. The summed E-state index contributed by atoms with van der Waals surface area (Å²) in [6.07, 6.45) is 3.22. The maximum atomic E-state index is 13.5. The highest BCUT2D eigenvalue weighted by Crippen LogP contribution is 2.56. The van der Waals surface area contributed by atoms with Crippen LogP contribution >= 0.6 is 0 Å². The summed E-state index contributed by atoms with van der Waals surface area (Å²) in [6.45, 7) is 0. The summed E-state index contributed by atoms with van der Waals surface area (Å²) in [5.74, 6) is -0.502. The van der Waals surface area contributed by atoms with Crippen molar-refractivity contribution in [3.8, 4) is 5.75 Å². The van der Waals surface area contributed by atoms with Crippen LogP contribution in [0.3, 0.4) is 0 Å². The second-order valence-electron chi connectivity index (χ2n) is 9.57. The molecule has 2 saturated carbocycles. The van der Waals surface area contributed by atoms with Crippen molar-refractivity contribution >= 4 is 28.6 Å². The molecule has 1 aliphatic heterocycles. The fourth-order valence-corrected chi connectivity index (χ4v) is 6.27. The predicted octanol–water partition coefficient (Wildman–Crippen LogP) is 4.39. The van der Waals surface area contributed by atoms with Gasteiger partial charge in [0.15, 0.2) is 0 Å². The summed E-state index contributed by atoms with van der Waals surface area (Å²) in [4.78, 5) is 41.6. The maximum absolute atomic E-state index is 13.5. The van der Waals surface area contributed by atoms with E-state index < -0.39 is 12.0 Å². The van der Waals surface area contributed by atoms with Crippen LogP contribution in [0.25, 0.3) is 10.8 Å². The molecule has 3 fully saturated rings. The predicted molar refractivity (Wildman–Crippen MR) is 123 cm³/mol. The van der Waals surface area contributed by atoms with Gasteiger partial charge in [-0.1, -0.05) is 60.7 Å². The molecule has 1 saturated heterocycles. The van der Waals surface area contributed by atoms with Crippen LogP contribution < -0.4 is 4.74 Å². The van der Waals surface area contributed by atoms with Gasteiger partial charge in [0.1, 0.15) is 11.8 Å². The van der Waals surface area contributed by atoms with Crippen LogP contribution in [0.15, 0.2) is 72.8 Å². The Kier molecular flexibility index (Phi) is 4.79. The summed E-state index contributed by atoms with van der Waals surface area (Å²) >= 11 is 0. The highest BCUT2D eigenvalue weighted by Gasteiger charge is 2.62. The number of benzene rings is 3. The van der Waals surface area contributed by atoms with Crippen LogP contribution in [0.4, 0.5) is 0 Å². The minimum Gasteiger partial charge on any atom is -0.425 e. The van der Waals surface area contributed by atoms with Crippen molar-refractivity contribution < 1.29 is 19.1 Å². The monoisotopic (exact) mass is 439 g/mol. The summed E-state index contributed by atoms with van der Waals surface area (Å²) in [5, 5.41) is 2.01. The van der Waals surface area contributed by atoms with E-state index in [1.54, 1.807) is 6.07 Å². The molecule has 0 unspecified atom stereocenters. The van der Waals surface area contributed by atoms with E-state index in [0.717, 1.165) is 35.6 Å². The molecule has 3 aromatic carbocycles. The molecule has 5 nitrogen and oxygen atoms in total. The Hall–Kier alpha value is -3.47. The van der Waals surface area contributed by atoms with Gasteiger partial charge in [0.2, 0.25) is 11.8 Å². The molecule has 0 radical (unpaired) electrons. The number of esters is 1. The molecule has 33 heavy (non-hydrogen) atoms. The molecule has 3 aromatic rings. The van der Waals surface area contributed by atoms with Gasteiger partial charge in [0.25, 0.3) is 0 Å². The number of hydrogen-bond donors (Lipinski definition) is 0. The normalized spacial score (nSPS) is 26.6. The largest absolute Gasteiger partial charge is 0.425 e. The molecule has 3 aliphatic rings. The van der Waals surface area contributed by atoms with E-state index in [4.69, 9.17) is 4.74 Å². The van der Waals surface area contributed by atoms with Crippen LogP contribution in [0, 0.1) is 23.7 Å². The molecule has 2 bridgehead atoms. The molecular formula is C28H25NO4. The van der Waals surface area contributed by atoms with Crippen molar-refractivity contribution in [3.63, 3.8) is 0 Å². The topological polar surface area (TPSA) is 63.7 Å². The number of carbonyl (C=O) groups excluding carboxylic acids is 3. The maximum Gasteiger partial charge on any atom is 0.335 e. The highest BCUT2D eigenvalue weighted by atomic mass is 16.5. The van der Waals surface area contributed by atoms with Gasteiger partial charge >= 0.3 is 5.97 Å². The standard InChI is InChI=1S/C28H25NO4/c30-26-24-20-10-11-21(15-20)25(24)27(31)29(26)23(14-17-6-2-1-3-7-17)28(32)33-22-13-12-18-8-4-5-9-19(18)16-22/h1-9,12-13,16,20-21,23-25H,10-11,14-15H2/t20-,21-,23-,24-,25+/m0/s1. The Morgan fingerprint density at radius 3 is 2.18 bits per heavy atom. The van der Waals surface area contributed by atoms with Gasteiger partial charge in [0.05, 0.1) is 11.8 Å². The van der Waals surface area contributed by atoms with Crippen molar-refractivity contribution in [2.45, 2.75) is 31.7 Å². The number of likely N-dealkylation sites (tertiary alicyclic amines) is 1. The minimum atomic E-state index is -0.969. The molecule has 2 aliphatic carbocycles. The fraction of sp³-hybridized carbons (Fsp3) is 0.321. The van der Waals surface area contributed by atoms with E-state index >= 15 is 0 Å². The smallest absolute Gasteiger partial charge is 0.335 e. The molecule has 5 atom stereocenters. The highest BCUT2D eigenvalue weighted by molar-refractivity contribution is 6.08. The molecule has 0 N–H and O–H groups in total. The van der Waals surface area contributed by atoms with Crippen molar-refractivity contribution in [3.05, 3.63) is 78.4 Å². The van der Waals surface area contributed by atoms with Gasteiger partial charge < -0.3 is 4.74 Å². The van der Waals surface area contributed by atoms with Crippen LogP contribution in [0.1, 0.15) is 24.8 Å². The Morgan fingerprint density at radius 1 is 0.848 bits per heavy atom. The zero-order valence-corrected chi connectivity index (χ0v) is 18.2. The molecule has 2 amide bonds. The van der Waals surface area contributed by atoms with E-state index in [2.05, 4.69) is 0 Å². The first-order chi connectivity index (χ1) is 16.1. The first kappa shape index (κ1) is 20.2. The van der Waals surface area contributed by atoms with Gasteiger partial charge in [-0.3, -0.25) is 14.5 Å². The zero-order chi connectivity index (χ0) is 22.5. The summed E-state index contributed by atoms with van der Waals surface area (Å²) in [7, 11) is 0. The zero-order valence-electron chi connectivity index (χ0n) is 18.2. The first-order valence-corrected chi connectivity index (χ1v) is 11.7. The Balaban J connectivity index is 1.32. The second-order valence-corrected chi connectivity index (χ2v) is 9.57. The molecule has 0 spiro atoms. The minimum absolute atomic E-state index is 0.186. The second kappa shape index (κ2) is 7.84. The molecule has 6 rings (SSSR count). The van der Waals surface area contributed by atoms with Crippen molar-refractivity contribution in [2.24, 2.45) is 23.7 Å². The van der Waals surface area contributed by atoms with Crippen molar-refractivity contribution in [1.82, 2.24) is 4.90 Å². The van der Waals surface area contributed by atoms with E-state index in [0.29, 0.717) is 5.75 Å². The van der Waals surface area contributed by atoms with Crippen LogP contribution in [-0.2, 0) is 20.8 Å². The SMILES string of the molecule is O=C(Oc1ccc2ccccc2c1)[C@H](Cc1ccccc1)N1C(=O)[C@@H]2[C@H]3CC[C@@H](C3)[C@@H]2C1=O. The summed E-state index contributed by atoms with van der Waals surface area (Å²) in [6, 6.07) is 21.8. The van der Waals surface area contributed by atoms with Gasteiger partial charge in [-0.25, -0.2) is 4.79 Å². The van der Waals surface area contributed by atoms with Gasteiger partial charge in [-0.2, -0.15) is 0 Å². The number of ether oxygens (including phenoxy) is 1. The van der Waals surface area contributed by atoms with Crippen molar-refractivity contribution in [2.75, 3.05) is 0 Å².